The summed E-state index contributed by atoms with van der Waals surface area (Å²) in [5.74, 6) is -0.953. The van der Waals surface area contributed by atoms with Crippen LogP contribution >= 0.6 is 27.3 Å². The summed E-state index contributed by atoms with van der Waals surface area (Å²) in [5, 5.41) is 10.3. The first-order chi connectivity index (χ1) is 7.91. The maximum absolute atomic E-state index is 12.1. The van der Waals surface area contributed by atoms with Crippen molar-refractivity contribution < 1.29 is 18.3 Å². The van der Waals surface area contributed by atoms with Gasteiger partial charge in [-0.25, -0.2) is 8.42 Å². The Morgan fingerprint density at radius 2 is 2.24 bits per heavy atom. The van der Waals surface area contributed by atoms with E-state index in [1.807, 2.05) is 0 Å². The molecule has 0 aliphatic carbocycles. The summed E-state index contributed by atoms with van der Waals surface area (Å²) in [7, 11) is -3.45. The molecule has 2 heterocycles. The molecule has 0 amide bonds. The molecule has 8 heteroatoms. The van der Waals surface area contributed by atoms with Gasteiger partial charge in [-0.3, -0.25) is 4.79 Å². The molecule has 0 radical (unpaired) electrons. The zero-order valence-corrected chi connectivity index (χ0v) is 11.9. The van der Waals surface area contributed by atoms with Crippen LogP contribution in [0.5, 0.6) is 0 Å². The minimum absolute atomic E-state index is 0.0254. The zero-order chi connectivity index (χ0) is 12.6. The standard InChI is InChI=1S/C9H10BrNO4S2/c10-7-1-2-16-9(7)17(14,15)11-4-6(5-11)3-8(12)13/h1-2,6H,3-5H2,(H,12,13). The first kappa shape index (κ1) is 13.0. The summed E-state index contributed by atoms with van der Waals surface area (Å²) in [6, 6.07) is 1.69. The summed E-state index contributed by atoms with van der Waals surface area (Å²) in [6.45, 7) is 0.581. The van der Waals surface area contributed by atoms with Crippen LogP contribution in [-0.2, 0) is 14.8 Å². The molecule has 0 bridgehead atoms. The van der Waals surface area contributed by atoms with Crippen LogP contribution in [0, 0.1) is 5.92 Å². The molecule has 2 rings (SSSR count). The molecule has 5 nitrogen and oxygen atoms in total. The summed E-state index contributed by atoms with van der Waals surface area (Å²) in [6.07, 6.45) is 0.0254. The van der Waals surface area contributed by atoms with Crippen molar-refractivity contribution in [2.75, 3.05) is 13.1 Å². The van der Waals surface area contributed by atoms with Gasteiger partial charge < -0.3 is 5.11 Å². The molecule has 94 valence electrons. The Hall–Kier alpha value is -0.440. The van der Waals surface area contributed by atoms with Gasteiger partial charge in [-0.2, -0.15) is 4.31 Å². The highest BCUT2D eigenvalue weighted by Gasteiger charge is 2.38. The molecule has 1 saturated heterocycles. The van der Waals surface area contributed by atoms with E-state index >= 15 is 0 Å². The highest BCUT2D eigenvalue weighted by Crippen LogP contribution is 2.34. The van der Waals surface area contributed by atoms with Crippen LogP contribution in [0.25, 0.3) is 0 Å². The van der Waals surface area contributed by atoms with E-state index in [1.54, 1.807) is 11.4 Å². The summed E-state index contributed by atoms with van der Waals surface area (Å²) in [5.41, 5.74) is 0. The van der Waals surface area contributed by atoms with Crippen molar-refractivity contribution in [3.05, 3.63) is 15.9 Å². The molecule has 17 heavy (non-hydrogen) atoms. The Kier molecular flexibility index (Phi) is 3.58. The maximum atomic E-state index is 12.1. The number of nitrogens with zero attached hydrogens (tertiary/aromatic N) is 1. The quantitative estimate of drug-likeness (QED) is 0.904. The van der Waals surface area contributed by atoms with Gasteiger partial charge in [-0.05, 0) is 33.3 Å². The second kappa shape index (κ2) is 4.68. The Balaban J connectivity index is 2.06. The first-order valence-corrected chi connectivity index (χ1v) is 7.97. The average Bonchev–Trinajstić information content (AvgIpc) is 2.57. The van der Waals surface area contributed by atoms with Gasteiger partial charge in [-0.15, -0.1) is 11.3 Å². The lowest BCUT2D eigenvalue weighted by Crippen LogP contribution is -2.50. The molecule has 1 fully saturated rings. The average molecular weight is 340 g/mol. The summed E-state index contributed by atoms with van der Waals surface area (Å²) < 4.78 is 26.3. The van der Waals surface area contributed by atoms with Crippen molar-refractivity contribution in [3.8, 4) is 0 Å². The van der Waals surface area contributed by atoms with Crippen molar-refractivity contribution in [1.29, 1.82) is 0 Å². The molecule has 1 N–H and O–H groups in total. The zero-order valence-electron chi connectivity index (χ0n) is 8.67. The Morgan fingerprint density at radius 3 is 2.71 bits per heavy atom. The van der Waals surface area contributed by atoms with Crippen molar-refractivity contribution in [2.45, 2.75) is 10.6 Å². The van der Waals surface area contributed by atoms with E-state index in [-0.39, 0.29) is 16.5 Å². The van der Waals surface area contributed by atoms with Crippen LogP contribution in [0.4, 0.5) is 0 Å². The van der Waals surface area contributed by atoms with Crippen LogP contribution in [-0.4, -0.2) is 36.9 Å². The number of halogens is 1. The van der Waals surface area contributed by atoms with Gasteiger partial charge in [0.2, 0.25) is 0 Å². The molecular formula is C9H10BrNO4S2. The fourth-order valence-electron chi connectivity index (χ4n) is 1.68. The van der Waals surface area contributed by atoms with Gasteiger partial charge in [0.25, 0.3) is 10.0 Å². The third kappa shape index (κ3) is 2.54. The summed E-state index contributed by atoms with van der Waals surface area (Å²) in [4.78, 5) is 10.5. The van der Waals surface area contributed by atoms with E-state index in [4.69, 9.17) is 5.11 Å². The molecule has 1 aromatic rings. The number of hydrogen-bond donors (Lipinski definition) is 1. The molecule has 0 saturated carbocycles. The lowest BCUT2D eigenvalue weighted by Gasteiger charge is -2.36. The van der Waals surface area contributed by atoms with Gasteiger partial charge in [0.05, 0.1) is 6.42 Å². The van der Waals surface area contributed by atoms with Crippen molar-refractivity contribution in [1.82, 2.24) is 4.31 Å². The normalized spacial score (nSPS) is 17.9. The number of thiophene rings is 1. The van der Waals surface area contributed by atoms with Gasteiger partial charge in [0, 0.05) is 17.6 Å². The van der Waals surface area contributed by atoms with E-state index in [2.05, 4.69) is 15.9 Å². The van der Waals surface area contributed by atoms with E-state index in [1.165, 1.54) is 4.31 Å². The predicted molar refractivity (Wildman–Crippen MR) is 66.5 cm³/mol. The molecule has 0 aromatic carbocycles. The number of rotatable bonds is 4. The minimum Gasteiger partial charge on any atom is -0.481 e. The molecule has 0 spiro atoms. The lowest BCUT2D eigenvalue weighted by molar-refractivity contribution is -0.139. The molecule has 1 aromatic heterocycles. The highest BCUT2D eigenvalue weighted by atomic mass is 79.9. The largest absolute Gasteiger partial charge is 0.481 e. The second-order valence-electron chi connectivity index (χ2n) is 3.84. The maximum Gasteiger partial charge on any atom is 0.303 e. The number of carboxylic acid groups (broad SMARTS) is 1. The van der Waals surface area contributed by atoms with E-state index in [0.717, 1.165) is 11.3 Å². The topological polar surface area (TPSA) is 74.7 Å². The van der Waals surface area contributed by atoms with E-state index < -0.39 is 16.0 Å². The van der Waals surface area contributed by atoms with E-state index in [9.17, 15) is 13.2 Å². The minimum atomic E-state index is -3.45. The number of sulfonamides is 1. The van der Waals surface area contributed by atoms with Gasteiger partial charge in [-0.1, -0.05) is 0 Å². The SMILES string of the molecule is O=C(O)CC1CN(S(=O)(=O)c2sccc2Br)C1. The predicted octanol–water partition coefficient (Wildman–Crippen LogP) is 1.61. The summed E-state index contributed by atoms with van der Waals surface area (Å²) >= 11 is 4.35. The van der Waals surface area contributed by atoms with Crippen LogP contribution < -0.4 is 0 Å². The monoisotopic (exact) mass is 339 g/mol. The number of carboxylic acids is 1. The highest BCUT2D eigenvalue weighted by molar-refractivity contribution is 9.10. The molecule has 1 aliphatic heterocycles. The fourth-order valence-corrected chi connectivity index (χ4v) is 5.72. The number of hydrogen-bond acceptors (Lipinski definition) is 4. The number of carbonyl (C=O) groups is 1. The van der Waals surface area contributed by atoms with Crippen molar-refractivity contribution >= 4 is 43.3 Å². The Bertz CT molecular complexity index is 533. The van der Waals surface area contributed by atoms with Crippen LogP contribution in [0.1, 0.15) is 6.42 Å². The van der Waals surface area contributed by atoms with Gasteiger partial charge in [0.15, 0.2) is 0 Å². The van der Waals surface area contributed by atoms with Crippen molar-refractivity contribution in [3.63, 3.8) is 0 Å². The van der Waals surface area contributed by atoms with E-state index in [0.29, 0.717) is 17.6 Å². The van der Waals surface area contributed by atoms with Crippen molar-refractivity contribution in [2.24, 2.45) is 5.92 Å². The number of aliphatic carboxylic acids is 1. The van der Waals surface area contributed by atoms with Crippen LogP contribution in [0.3, 0.4) is 0 Å². The van der Waals surface area contributed by atoms with Gasteiger partial charge in [0.1, 0.15) is 4.21 Å². The second-order valence-corrected chi connectivity index (χ2v) is 7.75. The third-order valence-electron chi connectivity index (χ3n) is 2.55. The van der Waals surface area contributed by atoms with Gasteiger partial charge >= 0.3 is 5.97 Å². The molecule has 0 unspecified atom stereocenters. The molecular weight excluding hydrogens is 330 g/mol. The lowest BCUT2D eigenvalue weighted by atomic mass is 10.00. The third-order valence-corrected chi connectivity index (χ3v) is 7.02. The molecule has 1 aliphatic rings. The van der Waals surface area contributed by atoms with Crippen LogP contribution in [0.15, 0.2) is 20.1 Å². The van der Waals surface area contributed by atoms with Crippen LogP contribution in [0.2, 0.25) is 0 Å². The Morgan fingerprint density at radius 1 is 1.59 bits per heavy atom. The molecule has 0 atom stereocenters. The Labute approximate surface area is 111 Å². The smallest absolute Gasteiger partial charge is 0.303 e. The fraction of sp³-hybridized carbons (Fsp3) is 0.444. The first-order valence-electron chi connectivity index (χ1n) is 4.86.